The van der Waals surface area contributed by atoms with Gasteiger partial charge in [-0.2, -0.15) is 0 Å². The van der Waals surface area contributed by atoms with Crippen LogP contribution in [-0.2, 0) is 14.1 Å². The highest BCUT2D eigenvalue weighted by Crippen LogP contribution is 2.46. The molecule has 0 N–H and O–H groups in total. The number of hydrogen-bond donors (Lipinski definition) is 0. The predicted octanol–water partition coefficient (Wildman–Crippen LogP) is 8.22. The van der Waals surface area contributed by atoms with Crippen LogP contribution >= 0.6 is 0 Å². The number of imidazole rings is 1. The second-order valence-corrected chi connectivity index (χ2v) is 10.5. The molecule has 0 saturated carbocycles. The summed E-state index contributed by atoms with van der Waals surface area (Å²) >= 11 is 0. The average Bonchev–Trinajstić information content (AvgIpc) is 3.22. The zero-order valence-electron chi connectivity index (χ0n) is 22.2. The molecule has 4 nitrogen and oxygen atoms in total. The van der Waals surface area contributed by atoms with E-state index in [0.717, 1.165) is 27.4 Å². The fourth-order valence-electron chi connectivity index (χ4n) is 6.50. The van der Waals surface area contributed by atoms with Gasteiger partial charge in [-0.25, -0.2) is 9.78 Å². The minimum atomic E-state index is -0.0760. The second-order valence-electron chi connectivity index (χ2n) is 10.5. The Morgan fingerprint density at radius 1 is 0.550 bits per heavy atom. The van der Waals surface area contributed by atoms with E-state index in [0.29, 0.717) is 5.65 Å². The first-order valence-electron chi connectivity index (χ1n) is 13.5. The minimum Gasteiger partial charge on any atom is -0.293 e. The maximum atomic E-state index is 12.6. The van der Waals surface area contributed by atoms with Crippen LogP contribution in [0.1, 0.15) is 0 Å². The van der Waals surface area contributed by atoms with E-state index in [1.165, 1.54) is 43.4 Å². The van der Waals surface area contributed by atoms with Crippen LogP contribution < -0.4 is 5.69 Å². The summed E-state index contributed by atoms with van der Waals surface area (Å²) in [6.45, 7) is 0. The summed E-state index contributed by atoms with van der Waals surface area (Å²) in [4.78, 5) is 17.4. The Bertz CT molecular complexity index is 2320. The Morgan fingerprint density at radius 3 is 1.73 bits per heavy atom. The number of benzene rings is 6. The summed E-state index contributed by atoms with van der Waals surface area (Å²) < 4.78 is 3.27. The minimum absolute atomic E-state index is 0.0760. The summed E-state index contributed by atoms with van der Waals surface area (Å²) in [5.74, 6) is 0. The Morgan fingerprint density at radius 2 is 1.07 bits per heavy atom. The highest BCUT2D eigenvalue weighted by Gasteiger charge is 2.20. The Balaban J connectivity index is 1.55. The van der Waals surface area contributed by atoms with Gasteiger partial charge < -0.3 is 0 Å². The molecule has 0 fully saturated rings. The highest BCUT2D eigenvalue weighted by atomic mass is 16.1. The van der Waals surface area contributed by atoms with Crippen molar-refractivity contribution in [3.63, 3.8) is 0 Å². The third kappa shape index (κ3) is 3.07. The molecular formula is C36H25N3O. The molecule has 0 aliphatic carbocycles. The maximum Gasteiger partial charge on any atom is 0.329 e. The van der Waals surface area contributed by atoms with Gasteiger partial charge in [0.05, 0.1) is 5.52 Å². The molecule has 8 rings (SSSR count). The molecule has 0 spiro atoms. The molecule has 40 heavy (non-hydrogen) atoms. The Kier molecular flexibility index (Phi) is 4.77. The number of pyridine rings is 1. The van der Waals surface area contributed by atoms with Crippen molar-refractivity contribution in [3.8, 4) is 22.3 Å². The molecule has 0 amide bonds. The van der Waals surface area contributed by atoms with Gasteiger partial charge in [-0.15, -0.1) is 0 Å². The average molecular weight is 516 g/mol. The Hall–Kier alpha value is -5.22. The van der Waals surface area contributed by atoms with Crippen LogP contribution in [0.15, 0.2) is 120 Å². The molecular weight excluding hydrogens is 490 g/mol. The lowest BCUT2D eigenvalue weighted by Gasteiger charge is -2.19. The van der Waals surface area contributed by atoms with Crippen LogP contribution in [0.2, 0.25) is 0 Å². The van der Waals surface area contributed by atoms with E-state index in [1.54, 1.807) is 23.2 Å². The van der Waals surface area contributed by atoms with E-state index in [-0.39, 0.29) is 5.69 Å². The molecule has 0 saturated heterocycles. The van der Waals surface area contributed by atoms with Crippen molar-refractivity contribution in [2.45, 2.75) is 0 Å². The maximum absolute atomic E-state index is 12.6. The van der Waals surface area contributed by atoms with Gasteiger partial charge in [-0.05, 0) is 71.9 Å². The first kappa shape index (κ1) is 22.7. The van der Waals surface area contributed by atoms with Gasteiger partial charge in [0, 0.05) is 25.9 Å². The normalized spacial score (nSPS) is 11.8. The first-order chi connectivity index (χ1) is 19.6. The van der Waals surface area contributed by atoms with Gasteiger partial charge >= 0.3 is 5.69 Å². The van der Waals surface area contributed by atoms with Crippen LogP contribution in [0.5, 0.6) is 0 Å². The van der Waals surface area contributed by atoms with E-state index >= 15 is 0 Å². The number of aryl methyl sites for hydroxylation is 2. The predicted molar refractivity (Wildman–Crippen MR) is 167 cm³/mol. The van der Waals surface area contributed by atoms with Gasteiger partial charge in [-0.1, -0.05) is 97.1 Å². The summed E-state index contributed by atoms with van der Waals surface area (Å²) in [7, 11) is 3.57. The van der Waals surface area contributed by atoms with E-state index in [9.17, 15) is 4.79 Å². The summed E-state index contributed by atoms with van der Waals surface area (Å²) in [5, 5.41) is 9.70. The van der Waals surface area contributed by atoms with Crippen molar-refractivity contribution in [2.75, 3.05) is 0 Å². The van der Waals surface area contributed by atoms with Crippen LogP contribution in [0.25, 0.3) is 76.5 Å². The number of aromatic nitrogens is 3. The van der Waals surface area contributed by atoms with E-state index in [1.807, 2.05) is 6.20 Å². The topological polar surface area (TPSA) is 39.8 Å². The lowest BCUT2D eigenvalue weighted by atomic mass is 9.84. The van der Waals surface area contributed by atoms with E-state index < -0.39 is 0 Å². The van der Waals surface area contributed by atoms with E-state index in [4.69, 9.17) is 4.98 Å². The molecule has 0 aliphatic rings. The summed E-state index contributed by atoms with van der Waals surface area (Å²) in [6.07, 6.45) is 1.90. The van der Waals surface area contributed by atoms with Gasteiger partial charge in [0.2, 0.25) is 0 Å². The van der Waals surface area contributed by atoms with Crippen LogP contribution in [-0.4, -0.2) is 14.1 Å². The van der Waals surface area contributed by atoms with Crippen molar-refractivity contribution < 1.29 is 0 Å². The fourth-order valence-corrected chi connectivity index (χ4v) is 6.50. The quantitative estimate of drug-likeness (QED) is 0.172. The molecule has 2 aromatic heterocycles. The number of rotatable bonds is 2. The fraction of sp³-hybridized carbons (Fsp3) is 0.0556. The monoisotopic (exact) mass is 515 g/mol. The lowest BCUT2D eigenvalue weighted by Crippen LogP contribution is -2.19. The third-order valence-corrected chi connectivity index (χ3v) is 8.36. The highest BCUT2D eigenvalue weighted by molar-refractivity contribution is 6.25. The zero-order chi connectivity index (χ0) is 27.0. The molecule has 0 atom stereocenters. The SMILES string of the molecule is Cn1c(=O)n(C)c2ncc(-c3c4ccccc4c(-c4cc5ccccc5c5ccccc45)c4ccccc34)cc21. The largest absolute Gasteiger partial charge is 0.329 e. The molecule has 0 unspecified atom stereocenters. The third-order valence-electron chi connectivity index (χ3n) is 8.36. The second kappa shape index (κ2) is 8.39. The van der Waals surface area contributed by atoms with Crippen molar-refractivity contribution >= 4 is 54.3 Å². The Labute approximate surface area is 230 Å². The number of nitrogens with zero attached hydrogens (tertiary/aromatic N) is 3. The molecule has 2 heterocycles. The van der Waals surface area contributed by atoms with Gasteiger partial charge in [0.25, 0.3) is 0 Å². The van der Waals surface area contributed by atoms with Gasteiger partial charge in [-0.3, -0.25) is 9.13 Å². The molecule has 0 aliphatic heterocycles. The van der Waals surface area contributed by atoms with Gasteiger partial charge in [0.15, 0.2) is 5.65 Å². The standard InChI is InChI=1S/C36H25N3O/c1-38-32-20-23(21-37-35(32)39(2)36(38)40)33-27-15-7-9-17-29(27)34(30-18-10-8-16-28(30)33)31-19-22-11-3-4-12-24(22)25-13-5-6-14-26(25)31/h3-21H,1-2H3. The molecule has 4 heteroatoms. The molecule has 8 aromatic rings. The molecule has 0 radical (unpaired) electrons. The van der Waals surface area contributed by atoms with Crippen LogP contribution in [0.4, 0.5) is 0 Å². The molecule has 6 aromatic carbocycles. The van der Waals surface area contributed by atoms with Crippen LogP contribution in [0, 0.1) is 0 Å². The molecule has 190 valence electrons. The van der Waals surface area contributed by atoms with Crippen LogP contribution in [0.3, 0.4) is 0 Å². The summed E-state index contributed by atoms with van der Waals surface area (Å²) in [5.41, 5.74) is 6.02. The van der Waals surface area contributed by atoms with Gasteiger partial charge in [0.1, 0.15) is 0 Å². The smallest absolute Gasteiger partial charge is 0.293 e. The number of fused-ring (bicyclic) bond motifs is 6. The van der Waals surface area contributed by atoms with E-state index in [2.05, 4.69) is 109 Å². The first-order valence-corrected chi connectivity index (χ1v) is 13.5. The van der Waals surface area contributed by atoms with Crippen molar-refractivity contribution in [2.24, 2.45) is 14.1 Å². The lowest BCUT2D eigenvalue weighted by molar-refractivity contribution is 0.791. The number of hydrogen-bond acceptors (Lipinski definition) is 2. The zero-order valence-corrected chi connectivity index (χ0v) is 22.2. The summed E-state index contributed by atoms with van der Waals surface area (Å²) in [6, 6.07) is 39.1. The van der Waals surface area contributed by atoms with Crippen molar-refractivity contribution in [1.82, 2.24) is 14.1 Å². The van der Waals surface area contributed by atoms with Crippen molar-refractivity contribution in [1.29, 1.82) is 0 Å². The van der Waals surface area contributed by atoms with Crippen molar-refractivity contribution in [3.05, 3.63) is 126 Å². The molecule has 0 bridgehead atoms.